The Morgan fingerprint density at radius 3 is 2.79 bits per heavy atom. The molecule has 0 aliphatic heterocycles. The van der Waals surface area contributed by atoms with Crippen LogP contribution in [0, 0.1) is 11.6 Å². The number of hydrogen-bond donors (Lipinski definition) is 1. The van der Waals surface area contributed by atoms with Crippen LogP contribution in [0.25, 0.3) is 0 Å². The van der Waals surface area contributed by atoms with E-state index < -0.39 is 11.6 Å². The molecule has 2 rings (SSSR count). The van der Waals surface area contributed by atoms with Gasteiger partial charge >= 0.3 is 0 Å². The highest BCUT2D eigenvalue weighted by atomic mass is 19.2. The van der Waals surface area contributed by atoms with Crippen LogP contribution in [0.15, 0.2) is 36.7 Å². The molecule has 0 amide bonds. The van der Waals surface area contributed by atoms with E-state index in [1.807, 2.05) is 6.92 Å². The fourth-order valence-electron chi connectivity index (χ4n) is 1.57. The van der Waals surface area contributed by atoms with E-state index in [0.29, 0.717) is 12.3 Å². The molecule has 1 aromatic carbocycles. The van der Waals surface area contributed by atoms with Crippen LogP contribution in [0.4, 0.5) is 8.78 Å². The Kier molecular flexibility index (Phi) is 4.41. The zero-order chi connectivity index (χ0) is 13.7. The highest BCUT2D eigenvalue weighted by molar-refractivity contribution is 5.36. The summed E-state index contributed by atoms with van der Waals surface area (Å²) in [5, 5.41) is 3.16. The third-order valence-electron chi connectivity index (χ3n) is 2.54. The number of nitrogens with one attached hydrogen (secondary N) is 1. The Hall–Kier alpha value is -2.01. The fourth-order valence-corrected chi connectivity index (χ4v) is 1.57. The van der Waals surface area contributed by atoms with Crippen molar-refractivity contribution in [3.8, 4) is 11.5 Å². The van der Waals surface area contributed by atoms with Crippen molar-refractivity contribution in [2.75, 3.05) is 6.54 Å². The van der Waals surface area contributed by atoms with Gasteiger partial charge in [0.05, 0.1) is 0 Å². The standard InChI is InChI=1S/C14H14F2N2O/c1-2-17-8-10-9-18-6-5-14(10)19-11-3-4-12(15)13(16)7-11/h3-7,9,17H,2,8H2,1H3. The fraction of sp³-hybridized carbons (Fsp3) is 0.214. The molecule has 100 valence electrons. The van der Waals surface area contributed by atoms with Gasteiger partial charge in [-0.3, -0.25) is 4.98 Å². The minimum Gasteiger partial charge on any atom is -0.457 e. The largest absolute Gasteiger partial charge is 0.457 e. The normalized spacial score (nSPS) is 10.5. The lowest BCUT2D eigenvalue weighted by Gasteiger charge is -2.11. The number of rotatable bonds is 5. The van der Waals surface area contributed by atoms with E-state index in [-0.39, 0.29) is 5.75 Å². The Balaban J connectivity index is 2.20. The number of nitrogens with zero attached hydrogens (tertiary/aromatic N) is 1. The van der Waals surface area contributed by atoms with Crippen LogP contribution >= 0.6 is 0 Å². The molecule has 0 fully saturated rings. The Morgan fingerprint density at radius 1 is 1.21 bits per heavy atom. The maximum Gasteiger partial charge on any atom is 0.162 e. The zero-order valence-electron chi connectivity index (χ0n) is 10.5. The Labute approximate surface area is 110 Å². The van der Waals surface area contributed by atoms with Gasteiger partial charge in [0.15, 0.2) is 11.6 Å². The second-order valence-corrected chi connectivity index (χ2v) is 3.94. The molecule has 0 unspecified atom stereocenters. The van der Waals surface area contributed by atoms with E-state index in [4.69, 9.17) is 4.74 Å². The minimum absolute atomic E-state index is 0.253. The van der Waals surface area contributed by atoms with Crippen molar-refractivity contribution in [2.45, 2.75) is 13.5 Å². The Bertz CT molecular complexity index is 561. The summed E-state index contributed by atoms with van der Waals surface area (Å²) >= 11 is 0. The molecular formula is C14H14F2N2O. The predicted molar refractivity (Wildman–Crippen MR) is 68.0 cm³/mol. The van der Waals surface area contributed by atoms with Gasteiger partial charge in [-0.15, -0.1) is 0 Å². The van der Waals surface area contributed by atoms with Crippen molar-refractivity contribution in [1.82, 2.24) is 10.3 Å². The zero-order valence-corrected chi connectivity index (χ0v) is 10.5. The van der Waals surface area contributed by atoms with Gasteiger partial charge in [-0.1, -0.05) is 6.92 Å². The van der Waals surface area contributed by atoms with Crippen LogP contribution in [0.1, 0.15) is 12.5 Å². The van der Waals surface area contributed by atoms with Crippen molar-refractivity contribution < 1.29 is 13.5 Å². The minimum atomic E-state index is -0.931. The molecule has 0 bridgehead atoms. The summed E-state index contributed by atoms with van der Waals surface area (Å²) in [5.41, 5.74) is 0.856. The van der Waals surface area contributed by atoms with Crippen molar-refractivity contribution >= 4 is 0 Å². The van der Waals surface area contributed by atoms with Gasteiger partial charge in [-0.2, -0.15) is 0 Å². The summed E-state index contributed by atoms with van der Waals surface area (Å²) in [7, 11) is 0. The first-order chi connectivity index (χ1) is 9.20. The molecular weight excluding hydrogens is 250 g/mol. The molecule has 0 atom stereocenters. The molecule has 1 heterocycles. The molecule has 5 heteroatoms. The van der Waals surface area contributed by atoms with Crippen molar-refractivity contribution in [3.05, 3.63) is 53.9 Å². The van der Waals surface area contributed by atoms with E-state index in [0.717, 1.165) is 24.2 Å². The quantitative estimate of drug-likeness (QED) is 0.900. The summed E-state index contributed by atoms with van der Waals surface area (Å²) in [5.74, 6) is -1.00. The third kappa shape index (κ3) is 3.48. The highest BCUT2D eigenvalue weighted by Crippen LogP contribution is 2.25. The lowest BCUT2D eigenvalue weighted by atomic mass is 10.2. The molecule has 0 saturated heterocycles. The van der Waals surface area contributed by atoms with E-state index in [1.165, 1.54) is 6.07 Å². The average molecular weight is 264 g/mol. The first-order valence-electron chi connectivity index (χ1n) is 5.97. The molecule has 1 N–H and O–H groups in total. The summed E-state index contributed by atoms with van der Waals surface area (Å²) in [6, 6.07) is 5.13. The molecule has 0 aliphatic rings. The van der Waals surface area contributed by atoms with Crippen LogP contribution in [-0.4, -0.2) is 11.5 Å². The highest BCUT2D eigenvalue weighted by Gasteiger charge is 2.07. The van der Waals surface area contributed by atoms with Crippen molar-refractivity contribution in [1.29, 1.82) is 0 Å². The number of halogens is 2. The van der Waals surface area contributed by atoms with E-state index >= 15 is 0 Å². The number of aromatic nitrogens is 1. The molecule has 3 nitrogen and oxygen atoms in total. The smallest absolute Gasteiger partial charge is 0.162 e. The average Bonchev–Trinajstić information content (AvgIpc) is 2.42. The monoisotopic (exact) mass is 264 g/mol. The Morgan fingerprint density at radius 2 is 2.05 bits per heavy atom. The number of hydrogen-bond acceptors (Lipinski definition) is 3. The van der Waals surface area contributed by atoms with Crippen molar-refractivity contribution in [3.63, 3.8) is 0 Å². The predicted octanol–water partition coefficient (Wildman–Crippen LogP) is 3.26. The molecule has 0 radical (unpaired) electrons. The summed E-state index contributed by atoms with van der Waals surface area (Å²) in [6.45, 7) is 3.41. The van der Waals surface area contributed by atoms with Gasteiger partial charge in [-0.05, 0) is 24.7 Å². The van der Waals surface area contributed by atoms with Crippen LogP contribution in [-0.2, 0) is 6.54 Å². The van der Waals surface area contributed by atoms with Crippen LogP contribution in [0.2, 0.25) is 0 Å². The molecule has 19 heavy (non-hydrogen) atoms. The van der Waals surface area contributed by atoms with Gasteiger partial charge in [-0.25, -0.2) is 8.78 Å². The van der Waals surface area contributed by atoms with E-state index in [1.54, 1.807) is 18.5 Å². The van der Waals surface area contributed by atoms with Crippen LogP contribution in [0.3, 0.4) is 0 Å². The number of pyridine rings is 1. The molecule has 0 aliphatic carbocycles. The van der Waals surface area contributed by atoms with Crippen molar-refractivity contribution in [2.24, 2.45) is 0 Å². The van der Waals surface area contributed by atoms with E-state index in [2.05, 4.69) is 10.3 Å². The lowest BCUT2D eigenvalue weighted by molar-refractivity contribution is 0.455. The summed E-state index contributed by atoms with van der Waals surface area (Å²) in [6.07, 6.45) is 3.27. The maximum atomic E-state index is 13.1. The number of ether oxygens (including phenoxy) is 1. The van der Waals surface area contributed by atoms with Gasteiger partial charge < -0.3 is 10.1 Å². The third-order valence-corrected chi connectivity index (χ3v) is 2.54. The molecule has 0 saturated carbocycles. The van der Waals surface area contributed by atoms with Crippen LogP contribution < -0.4 is 10.1 Å². The summed E-state index contributed by atoms with van der Waals surface area (Å²) in [4.78, 5) is 4.02. The van der Waals surface area contributed by atoms with Gasteiger partial charge in [0.1, 0.15) is 11.5 Å². The topological polar surface area (TPSA) is 34.2 Å². The van der Waals surface area contributed by atoms with E-state index in [9.17, 15) is 8.78 Å². The number of benzene rings is 1. The molecule has 0 spiro atoms. The second kappa shape index (κ2) is 6.24. The molecule has 2 aromatic rings. The summed E-state index contributed by atoms with van der Waals surface area (Å²) < 4.78 is 31.5. The lowest BCUT2D eigenvalue weighted by Crippen LogP contribution is -2.12. The maximum absolute atomic E-state index is 13.1. The van der Waals surface area contributed by atoms with Gasteiger partial charge in [0.25, 0.3) is 0 Å². The second-order valence-electron chi connectivity index (χ2n) is 3.94. The molecule has 1 aromatic heterocycles. The van der Waals surface area contributed by atoms with Gasteiger partial charge in [0.2, 0.25) is 0 Å². The van der Waals surface area contributed by atoms with Gasteiger partial charge in [0, 0.05) is 30.6 Å². The SMILES string of the molecule is CCNCc1cnccc1Oc1ccc(F)c(F)c1. The first kappa shape index (κ1) is 13.4. The van der Waals surface area contributed by atoms with Crippen LogP contribution in [0.5, 0.6) is 11.5 Å². The first-order valence-corrected chi connectivity index (χ1v) is 5.97.